The molecule has 158 valence electrons. The third-order valence-electron chi connectivity index (χ3n) is 4.67. The van der Waals surface area contributed by atoms with E-state index in [1.165, 1.54) is 12.3 Å². The number of hydrogen-bond donors (Lipinski definition) is 2. The van der Waals surface area contributed by atoms with Gasteiger partial charge < -0.3 is 10.4 Å². The van der Waals surface area contributed by atoms with Crippen molar-refractivity contribution in [1.82, 2.24) is 24.5 Å². The first-order chi connectivity index (χ1) is 14.8. The maximum Gasteiger partial charge on any atom is 0.432 e. The van der Waals surface area contributed by atoms with Gasteiger partial charge in [-0.3, -0.25) is 14.5 Å². The van der Waals surface area contributed by atoms with Crippen LogP contribution in [0.1, 0.15) is 5.56 Å². The summed E-state index contributed by atoms with van der Waals surface area (Å²) in [6.07, 6.45) is 3.34. The molecule has 0 spiro atoms. The van der Waals surface area contributed by atoms with E-state index in [9.17, 15) is 19.1 Å². The molecule has 11 heteroatoms. The largest absolute Gasteiger partial charge is 0.463 e. The summed E-state index contributed by atoms with van der Waals surface area (Å²) in [5.41, 5.74) is 2.60. The molecule has 0 bridgehead atoms. The molecule has 31 heavy (non-hydrogen) atoms. The Hall–Kier alpha value is -3.79. The number of halogens is 2. The second-order valence-electron chi connectivity index (χ2n) is 6.86. The molecule has 3 aromatic heterocycles. The van der Waals surface area contributed by atoms with Gasteiger partial charge in [-0.15, -0.1) is 11.6 Å². The fraction of sp³-hybridized carbons (Fsp3) is 0.150. The Labute approximate surface area is 180 Å². The van der Waals surface area contributed by atoms with Crippen LogP contribution in [0, 0.1) is 12.7 Å². The molecule has 1 amide bonds. The molecule has 0 aliphatic carbocycles. The minimum atomic E-state index is -1.27. The summed E-state index contributed by atoms with van der Waals surface area (Å²) < 4.78 is 17.4. The maximum atomic E-state index is 15.0. The Bertz CT molecular complexity index is 1320. The lowest BCUT2D eigenvalue weighted by atomic mass is 10.0. The van der Waals surface area contributed by atoms with Crippen LogP contribution in [0.15, 0.2) is 36.8 Å². The van der Waals surface area contributed by atoms with E-state index in [0.29, 0.717) is 27.9 Å². The average Bonchev–Trinajstić information content (AvgIpc) is 3.30. The number of rotatable bonds is 4. The Morgan fingerprint density at radius 3 is 2.65 bits per heavy atom. The molecule has 2 N–H and O–H groups in total. The van der Waals surface area contributed by atoms with Gasteiger partial charge >= 0.3 is 6.09 Å². The molecule has 1 aromatic carbocycles. The Morgan fingerprint density at radius 1 is 1.26 bits per heavy atom. The minimum absolute atomic E-state index is 0.228. The molecule has 0 aliphatic heterocycles. The van der Waals surface area contributed by atoms with Gasteiger partial charge in [-0.25, -0.2) is 9.18 Å². The van der Waals surface area contributed by atoms with E-state index in [1.54, 1.807) is 43.2 Å². The Kier molecular flexibility index (Phi) is 5.15. The minimum Gasteiger partial charge on any atom is -0.463 e. The van der Waals surface area contributed by atoms with E-state index < -0.39 is 17.8 Å². The number of hydrogen-bond acceptors (Lipinski definition) is 5. The number of nitrogens with one attached hydrogen (secondary N) is 1. The Morgan fingerprint density at radius 2 is 2.03 bits per heavy atom. The summed E-state index contributed by atoms with van der Waals surface area (Å²) in [4.78, 5) is 27.4. The lowest BCUT2D eigenvalue weighted by Gasteiger charge is -2.11. The van der Waals surface area contributed by atoms with Gasteiger partial charge in [0.15, 0.2) is 0 Å². The average molecular weight is 443 g/mol. The summed E-state index contributed by atoms with van der Waals surface area (Å²) in [7, 11) is 1.73. The summed E-state index contributed by atoms with van der Waals surface area (Å²) in [5.74, 6) is -1.29. The van der Waals surface area contributed by atoms with Crippen molar-refractivity contribution in [3.63, 3.8) is 0 Å². The number of fused-ring (bicyclic) bond motifs is 1. The molecule has 0 saturated heterocycles. The lowest BCUT2D eigenvalue weighted by Crippen LogP contribution is -2.13. The number of carboxylic acid groups (broad SMARTS) is 1. The zero-order valence-corrected chi connectivity index (χ0v) is 17.2. The highest BCUT2D eigenvalue weighted by Crippen LogP contribution is 2.33. The van der Waals surface area contributed by atoms with Crippen molar-refractivity contribution in [2.45, 2.75) is 6.92 Å². The van der Waals surface area contributed by atoms with Crippen molar-refractivity contribution < 1.29 is 19.1 Å². The molecule has 4 rings (SSSR count). The highest BCUT2D eigenvalue weighted by molar-refractivity contribution is 6.29. The van der Waals surface area contributed by atoms with Crippen LogP contribution in [0.25, 0.3) is 33.4 Å². The van der Waals surface area contributed by atoms with Crippen molar-refractivity contribution in [3.8, 4) is 22.5 Å². The van der Waals surface area contributed by atoms with Gasteiger partial charge in [0.2, 0.25) is 5.91 Å². The van der Waals surface area contributed by atoms with Crippen molar-refractivity contribution in [1.29, 1.82) is 0 Å². The second-order valence-corrected chi connectivity index (χ2v) is 7.13. The standard InChI is InChI=1S/C20H16ClFN6O3/c1-10-3-12(25-17(29)6-21)4-14(22)18(10)15-5-13-16(8-23-15)28(20(30)31)26-19(13)11-7-24-27(2)9-11/h3-5,7-9H,6H2,1-2H3,(H,25,29)(H,30,31). The van der Waals surface area contributed by atoms with Gasteiger partial charge in [0.25, 0.3) is 0 Å². The van der Waals surface area contributed by atoms with E-state index in [0.717, 1.165) is 4.68 Å². The monoisotopic (exact) mass is 442 g/mol. The number of pyridine rings is 1. The van der Waals surface area contributed by atoms with E-state index in [-0.39, 0.29) is 22.6 Å². The highest BCUT2D eigenvalue weighted by Gasteiger charge is 2.20. The number of anilines is 1. The van der Waals surface area contributed by atoms with Crippen LogP contribution < -0.4 is 5.32 Å². The molecule has 0 unspecified atom stereocenters. The van der Waals surface area contributed by atoms with E-state index in [4.69, 9.17) is 11.6 Å². The normalized spacial score (nSPS) is 11.1. The van der Waals surface area contributed by atoms with Crippen LogP contribution in [-0.4, -0.2) is 47.5 Å². The van der Waals surface area contributed by atoms with Crippen LogP contribution >= 0.6 is 11.6 Å². The summed E-state index contributed by atoms with van der Waals surface area (Å²) in [5, 5.41) is 20.8. The molecular formula is C20H16ClFN6O3. The van der Waals surface area contributed by atoms with Crippen LogP contribution in [-0.2, 0) is 11.8 Å². The van der Waals surface area contributed by atoms with Crippen LogP contribution in [0.3, 0.4) is 0 Å². The van der Waals surface area contributed by atoms with Gasteiger partial charge in [0.05, 0.1) is 23.6 Å². The number of nitrogens with zero attached hydrogens (tertiary/aromatic N) is 5. The first-order valence-electron chi connectivity index (χ1n) is 9.06. The number of benzene rings is 1. The molecule has 9 nitrogen and oxygen atoms in total. The van der Waals surface area contributed by atoms with E-state index in [1.807, 2.05) is 0 Å². The maximum absolute atomic E-state index is 15.0. The SMILES string of the molecule is Cc1cc(NC(=O)CCl)cc(F)c1-c1cc2c(-c3cnn(C)c3)nn(C(=O)O)c2cn1. The van der Waals surface area contributed by atoms with Gasteiger partial charge in [-0.05, 0) is 30.7 Å². The zero-order chi connectivity index (χ0) is 22.3. The fourth-order valence-electron chi connectivity index (χ4n) is 3.39. The number of aromatic nitrogens is 5. The van der Waals surface area contributed by atoms with E-state index in [2.05, 4.69) is 20.5 Å². The number of carbonyl (C=O) groups excluding carboxylic acids is 1. The van der Waals surface area contributed by atoms with Gasteiger partial charge in [0, 0.05) is 35.4 Å². The predicted octanol–water partition coefficient (Wildman–Crippen LogP) is 3.65. The third kappa shape index (κ3) is 3.73. The van der Waals surface area contributed by atoms with Crippen molar-refractivity contribution in [3.05, 3.63) is 48.2 Å². The van der Waals surface area contributed by atoms with Gasteiger partial charge in [-0.1, -0.05) is 0 Å². The van der Waals surface area contributed by atoms with Gasteiger partial charge in [0.1, 0.15) is 17.4 Å². The van der Waals surface area contributed by atoms with Crippen LogP contribution in [0.4, 0.5) is 14.9 Å². The first-order valence-corrected chi connectivity index (χ1v) is 9.59. The van der Waals surface area contributed by atoms with Crippen LogP contribution in [0.5, 0.6) is 0 Å². The predicted molar refractivity (Wildman–Crippen MR) is 113 cm³/mol. The highest BCUT2D eigenvalue weighted by atomic mass is 35.5. The molecular weight excluding hydrogens is 427 g/mol. The number of alkyl halides is 1. The van der Waals surface area contributed by atoms with E-state index >= 15 is 0 Å². The summed E-state index contributed by atoms with van der Waals surface area (Å²) >= 11 is 5.48. The zero-order valence-electron chi connectivity index (χ0n) is 16.4. The molecule has 4 aromatic rings. The van der Waals surface area contributed by atoms with Gasteiger partial charge in [-0.2, -0.15) is 14.9 Å². The summed E-state index contributed by atoms with van der Waals surface area (Å²) in [6.45, 7) is 1.68. The quantitative estimate of drug-likeness (QED) is 0.466. The number of carbonyl (C=O) groups is 2. The van der Waals surface area contributed by atoms with Crippen LogP contribution in [0.2, 0.25) is 0 Å². The molecule has 0 atom stereocenters. The fourth-order valence-corrected chi connectivity index (χ4v) is 3.46. The lowest BCUT2D eigenvalue weighted by molar-refractivity contribution is -0.113. The van der Waals surface area contributed by atoms with Crippen molar-refractivity contribution in [2.75, 3.05) is 11.2 Å². The smallest absolute Gasteiger partial charge is 0.432 e. The number of amides is 1. The molecule has 3 heterocycles. The molecule has 0 saturated carbocycles. The van der Waals surface area contributed by atoms with Crippen molar-refractivity contribution in [2.24, 2.45) is 7.05 Å². The Balaban J connectivity index is 1.88. The molecule has 0 radical (unpaired) electrons. The second kappa shape index (κ2) is 7.80. The topological polar surface area (TPSA) is 115 Å². The third-order valence-corrected chi connectivity index (χ3v) is 4.92. The van der Waals surface area contributed by atoms with Crippen molar-refractivity contribution >= 4 is 40.2 Å². The number of aryl methyl sites for hydroxylation is 2. The summed E-state index contributed by atoms with van der Waals surface area (Å²) in [6, 6.07) is 4.38. The first kappa shape index (κ1) is 20.5. The molecule has 0 aliphatic rings. The molecule has 0 fully saturated rings.